The minimum Gasteiger partial charge on any atom is -0.504 e. The Morgan fingerprint density at radius 1 is 1.65 bits per heavy atom. The lowest BCUT2D eigenvalue weighted by Gasteiger charge is -2.14. The maximum Gasteiger partial charge on any atom is 0.303 e. The first-order valence-corrected chi connectivity index (χ1v) is 5.37. The largest absolute Gasteiger partial charge is 0.504 e. The summed E-state index contributed by atoms with van der Waals surface area (Å²) in [6, 6.07) is 0.636. The molecule has 17 heavy (non-hydrogen) atoms. The Labute approximate surface area is 103 Å². The van der Waals surface area contributed by atoms with E-state index in [4.69, 9.17) is 22.4 Å². The first kappa shape index (κ1) is 13.7. The van der Waals surface area contributed by atoms with Crippen LogP contribution in [0.1, 0.15) is 30.0 Å². The molecule has 1 unspecified atom stereocenters. The van der Waals surface area contributed by atoms with Crippen molar-refractivity contribution in [2.24, 2.45) is 5.73 Å². The molecule has 6 heteroatoms. The van der Waals surface area contributed by atoms with Gasteiger partial charge in [0.05, 0.1) is 5.02 Å². The molecule has 0 amide bonds. The molecular weight excluding hydrogens is 249 g/mol. The molecule has 94 valence electrons. The Bertz CT molecular complexity index is 451. The van der Waals surface area contributed by atoms with Crippen molar-refractivity contribution in [1.29, 1.82) is 0 Å². The number of aromatic hydroxyl groups is 1. The van der Waals surface area contributed by atoms with E-state index in [1.807, 2.05) is 0 Å². The normalized spacial score (nSPS) is 12.5. The highest BCUT2D eigenvalue weighted by Crippen LogP contribution is 2.34. The predicted octanol–water partition coefficient (Wildman–Crippen LogP) is 2.36. The summed E-state index contributed by atoms with van der Waals surface area (Å²) in [7, 11) is 0. The summed E-state index contributed by atoms with van der Waals surface area (Å²) in [5, 5.41) is 17.9. The number of halogens is 2. The van der Waals surface area contributed by atoms with Crippen molar-refractivity contribution in [3.05, 3.63) is 28.0 Å². The fourth-order valence-electron chi connectivity index (χ4n) is 1.48. The summed E-state index contributed by atoms with van der Waals surface area (Å²) in [6.07, 6.45) is -0.0736. The zero-order valence-electron chi connectivity index (χ0n) is 9.20. The maximum absolute atomic E-state index is 13.7. The Kier molecular flexibility index (Phi) is 4.31. The first-order chi connectivity index (χ1) is 7.84. The van der Waals surface area contributed by atoms with E-state index in [9.17, 15) is 14.3 Å². The zero-order valence-corrected chi connectivity index (χ0v) is 9.96. The Morgan fingerprint density at radius 2 is 2.24 bits per heavy atom. The molecule has 0 radical (unpaired) electrons. The number of hydrogen-bond acceptors (Lipinski definition) is 3. The van der Waals surface area contributed by atoms with E-state index in [-0.39, 0.29) is 23.4 Å². The number of hydrogen-bond donors (Lipinski definition) is 3. The molecule has 0 heterocycles. The molecule has 0 aromatic heterocycles. The third-order valence-corrected chi connectivity index (χ3v) is 2.93. The molecule has 0 aliphatic rings. The summed E-state index contributed by atoms with van der Waals surface area (Å²) in [5.41, 5.74) is 6.24. The molecule has 0 spiro atoms. The highest BCUT2D eigenvalue weighted by molar-refractivity contribution is 6.32. The van der Waals surface area contributed by atoms with E-state index in [2.05, 4.69) is 0 Å². The quantitative estimate of drug-likeness (QED) is 0.777. The third kappa shape index (κ3) is 3.08. The van der Waals surface area contributed by atoms with Gasteiger partial charge < -0.3 is 15.9 Å². The number of carbonyl (C=O) groups is 1. The number of benzene rings is 1. The average molecular weight is 262 g/mol. The Morgan fingerprint density at radius 3 is 2.76 bits per heavy atom. The monoisotopic (exact) mass is 261 g/mol. The van der Waals surface area contributed by atoms with Crippen LogP contribution in [0.5, 0.6) is 5.75 Å². The van der Waals surface area contributed by atoms with Crippen LogP contribution in [0.3, 0.4) is 0 Å². The van der Waals surface area contributed by atoms with Crippen LogP contribution in [0.2, 0.25) is 5.02 Å². The van der Waals surface area contributed by atoms with Gasteiger partial charge in [-0.25, -0.2) is 4.39 Å². The van der Waals surface area contributed by atoms with E-state index >= 15 is 0 Å². The van der Waals surface area contributed by atoms with Crippen molar-refractivity contribution >= 4 is 17.6 Å². The van der Waals surface area contributed by atoms with Crippen LogP contribution in [-0.2, 0) is 4.79 Å². The average Bonchev–Trinajstić information content (AvgIpc) is 2.28. The zero-order chi connectivity index (χ0) is 13.2. The number of phenols is 1. The van der Waals surface area contributed by atoms with Gasteiger partial charge in [-0.1, -0.05) is 11.6 Å². The van der Waals surface area contributed by atoms with Gasteiger partial charge in [0.25, 0.3) is 0 Å². The fraction of sp³-hybridized carbons (Fsp3) is 0.364. The SMILES string of the molecule is Cc1cc(C(N)CCC(=O)O)c(F)c(O)c1Cl. The van der Waals surface area contributed by atoms with Crippen LogP contribution in [0, 0.1) is 12.7 Å². The Balaban J connectivity index is 3.02. The smallest absolute Gasteiger partial charge is 0.303 e. The van der Waals surface area contributed by atoms with E-state index in [1.165, 1.54) is 6.07 Å². The van der Waals surface area contributed by atoms with Crippen molar-refractivity contribution in [3.63, 3.8) is 0 Å². The summed E-state index contributed by atoms with van der Waals surface area (Å²) in [6.45, 7) is 1.61. The second kappa shape index (κ2) is 5.33. The number of carboxylic acids is 1. The van der Waals surface area contributed by atoms with Crippen molar-refractivity contribution < 1.29 is 19.4 Å². The summed E-state index contributed by atoms with van der Waals surface area (Å²) < 4.78 is 13.7. The molecule has 1 aromatic rings. The van der Waals surface area contributed by atoms with Gasteiger partial charge in [-0.2, -0.15) is 0 Å². The standard InChI is InChI=1S/C11H13ClFNO3/c1-5-4-6(7(14)2-3-8(15)16)10(13)11(17)9(5)12/h4,7,17H,2-3,14H2,1H3,(H,15,16). The number of aryl methyl sites for hydroxylation is 1. The van der Waals surface area contributed by atoms with Crippen LogP contribution in [0.15, 0.2) is 6.07 Å². The predicted molar refractivity (Wildman–Crippen MR) is 61.6 cm³/mol. The highest BCUT2D eigenvalue weighted by atomic mass is 35.5. The molecule has 0 saturated carbocycles. The van der Waals surface area contributed by atoms with Crippen LogP contribution in [0.25, 0.3) is 0 Å². The highest BCUT2D eigenvalue weighted by Gasteiger charge is 2.19. The van der Waals surface area contributed by atoms with E-state index in [0.717, 1.165) is 0 Å². The lowest BCUT2D eigenvalue weighted by Crippen LogP contribution is -2.14. The second-order valence-corrected chi connectivity index (χ2v) is 4.18. The number of phenolic OH excluding ortho intramolecular Hbond substituents is 1. The molecule has 0 aliphatic carbocycles. The lowest BCUT2D eigenvalue weighted by molar-refractivity contribution is -0.137. The van der Waals surface area contributed by atoms with Gasteiger partial charge in [0, 0.05) is 18.0 Å². The van der Waals surface area contributed by atoms with Gasteiger partial charge in [-0.05, 0) is 25.0 Å². The molecule has 1 rings (SSSR count). The van der Waals surface area contributed by atoms with Gasteiger partial charge >= 0.3 is 5.97 Å². The van der Waals surface area contributed by atoms with E-state index in [0.29, 0.717) is 5.56 Å². The molecule has 1 atom stereocenters. The second-order valence-electron chi connectivity index (χ2n) is 3.80. The molecule has 4 N–H and O–H groups in total. The maximum atomic E-state index is 13.7. The molecule has 0 saturated heterocycles. The van der Waals surface area contributed by atoms with E-state index < -0.39 is 23.6 Å². The topological polar surface area (TPSA) is 83.6 Å². The number of carboxylic acid groups (broad SMARTS) is 1. The minimum atomic E-state index is -1.00. The summed E-state index contributed by atoms with van der Waals surface area (Å²) >= 11 is 5.66. The summed E-state index contributed by atoms with van der Waals surface area (Å²) in [5.74, 6) is -2.54. The lowest BCUT2D eigenvalue weighted by atomic mass is 10.00. The number of nitrogens with two attached hydrogens (primary N) is 1. The number of rotatable bonds is 4. The molecular formula is C11H13ClFNO3. The minimum absolute atomic E-state index is 0.0586. The van der Waals surface area contributed by atoms with Crippen molar-refractivity contribution in [2.75, 3.05) is 0 Å². The van der Waals surface area contributed by atoms with Gasteiger partial charge in [-0.15, -0.1) is 0 Å². The van der Waals surface area contributed by atoms with Crippen LogP contribution in [-0.4, -0.2) is 16.2 Å². The van der Waals surface area contributed by atoms with Gasteiger partial charge in [0.2, 0.25) is 0 Å². The van der Waals surface area contributed by atoms with Gasteiger partial charge in [0.15, 0.2) is 11.6 Å². The Hall–Kier alpha value is -1.33. The number of aliphatic carboxylic acids is 1. The summed E-state index contributed by atoms with van der Waals surface area (Å²) in [4.78, 5) is 10.4. The molecule has 0 aliphatic heterocycles. The van der Waals surface area contributed by atoms with Crippen molar-refractivity contribution in [2.45, 2.75) is 25.8 Å². The molecule has 1 aromatic carbocycles. The van der Waals surface area contributed by atoms with Crippen LogP contribution < -0.4 is 5.73 Å². The van der Waals surface area contributed by atoms with Crippen molar-refractivity contribution in [1.82, 2.24) is 0 Å². The fourth-order valence-corrected chi connectivity index (χ4v) is 1.62. The van der Waals surface area contributed by atoms with Crippen LogP contribution >= 0.6 is 11.6 Å². The third-order valence-electron chi connectivity index (χ3n) is 2.46. The molecule has 0 fully saturated rings. The van der Waals surface area contributed by atoms with Crippen LogP contribution in [0.4, 0.5) is 4.39 Å². The molecule has 4 nitrogen and oxygen atoms in total. The van der Waals surface area contributed by atoms with Crippen molar-refractivity contribution in [3.8, 4) is 5.75 Å². The first-order valence-electron chi connectivity index (χ1n) is 4.99. The molecule has 0 bridgehead atoms. The van der Waals surface area contributed by atoms with Gasteiger partial charge in [0.1, 0.15) is 0 Å². The van der Waals surface area contributed by atoms with Gasteiger partial charge in [-0.3, -0.25) is 4.79 Å². The van der Waals surface area contributed by atoms with E-state index in [1.54, 1.807) is 6.92 Å².